The summed E-state index contributed by atoms with van der Waals surface area (Å²) in [6.07, 6.45) is 0. The molecule has 1 aromatic heterocycles. The number of hydrogen-bond donors (Lipinski definition) is 0. The highest BCUT2D eigenvalue weighted by Gasteiger charge is 2.18. The Labute approximate surface area is 259 Å². The Bertz CT molecular complexity index is 2490. The van der Waals surface area contributed by atoms with Crippen molar-refractivity contribution < 1.29 is 0 Å². The molecule has 1 nitrogen and oxygen atoms in total. The van der Waals surface area contributed by atoms with Crippen LogP contribution in [0.5, 0.6) is 0 Å². The maximum absolute atomic E-state index is 2.42. The second-order valence-corrected chi connectivity index (χ2v) is 12.4. The Morgan fingerprint density at radius 1 is 0.386 bits per heavy atom. The van der Waals surface area contributed by atoms with Crippen LogP contribution in [0.2, 0.25) is 0 Å². The van der Waals surface area contributed by atoms with Gasteiger partial charge in [0.2, 0.25) is 0 Å². The fourth-order valence-electron chi connectivity index (χ4n) is 6.77. The van der Waals surface area contributed by atoms with Crippen molar-refractivity contribution >= 4 is 80.9 Å². The minimum absolute atomic E-state index is 1.13. The number of fused-ring (bicyclic) bond motifs is 7. The predicted molar refractivity (Wildman–Crippen MR) is 192 cm³/mol. The molecule has 0 saturated heterocycles. The highest BCUT2D eigenvalue weighted by molar-refractivity contribution is 7.26. The summed E-state index contributed by atoms with van der Waals surface area (Å²) in [4.78, 5) is 2.42. The van der Waals surface area contributed by atoms with Gasteiger partial charge in [-0.05, 0) is 80.5 Å². The van der Waals surface area contributed by atoms with E-state index in [4.69, 9.17) is 0 Å². The largest absolute Gasteiger partial charge is 0.310 e. The maximum Gasteiger partial charge on any atom is 0.0540 e. The normalized spacial score (nSPS) is 11.6. The molecule has 0 aliphatic carbocycles. The standard InChI is InChI=1S/C42H27NS/c1-3-13-34-28(9-1)11-7-16-35(34)30-19-23-32(24-20-30)43(39-17-8-12-29-10-2-4-14-36(29)39)33-25-21-31-22-26-41-42(38(31)27-33)37-15-5-6-18-40(37)44-41/h1-27H. The van der Waals surface area contributed by atoms with Gasteiger partial charge in [0.15, 0.2) is 0 Å². The summed E-state index contributed by atoms with van der Waals surface area (Å²) in [7, 11) is 0. The Kier molecular flexibility index (Phi) is 5.75. The van der Waals surface area contributed by atoms with Crippen LogP contribution in [0.1, 0.15) is 0 Å². The van der Waals surface area contributed by atoms with Gasteiger partial charge in [0.05, 0.1) is 5.69 Å². The monoisotopic (exact) mass is 577 g/mol. The van der Waals surface area contributed by atoms with E-state index >= 15 is 0 Å². The molecule has 0 fully saturated rings. The number of hydrogen-bond acceptors (Lipinski definition) is 2. The molecular formula is C42H27NS. The van der Waals surface area contributed by atoms with E-state index in [-0.39, 0.29) is 0 Å². The topological polar surface area (TPSA) is 3.24 Å². The average molecular weight is 578 g/mol. The molecule has 0 aliphatic heterocycles. The molecule has 44 heavy (non-hydrogen) atoms. The van der Waals surface area contributed by atoms with Crippen LogP contribution < -0.4 is 4.90 Å². The number of nitrogens with zero attached hydrogens (tertiary/aromatic N) is 1. The van der Waals surface area contributed by atoms with Crippen LogP contribution in [0.3, 0.4) is 0 Å². The quantitative estimate of drug-likeness (QED) is 0.201. The van der Waals surface area contributed by atoms with Crippen LogP contribution in [0, 0.1) is 0 Å². The molecule has 0 unspecified atom stereocenters. The smallest absolute Gasteiger partial charge is 0.0540 e. The number of benzene rings is 8. The van der Waals surface area contributed by atoms with Crippen LogP contribution in [0.25, 0.3) is 63.6 Å². The Hall–Kier alpha value is -5.44. The Morgan fingerprint density at radius 3 is 1.84 bits per heavy atom. The van der Waals surface area contributed by atoms with Crippen molar-refractivity contribution in [3.8, 4) is 11.1 Å². The summed E-state index contributed by atoms with van der Waals surface area (Å²) >= 11 is 1.87. The third kappa shape index (κ3) is 4.00. The van der Waals surface area contributed by atoms with Gasteiger partial charge in [0, 0.05) is 36.9 Å². The second kappa shape index (κ2) is 10.1. The van der Waals surface area contributed by atoms with E-state index in [0.29, 0.717) is 0 Å². The highest BCUT2D eigenvalue weighted by atomic mass is 32.1. The zero-order valence-electron chi connectivity index (χ0n) is 23.9. The summed E-state index contributed by atoms with van der Waals surface area (Å²) in [5, 5.41) is 10.2. The lowest BCUT2D eigenvalue weighted by atomic mass is 9.97. The van der Waals surface area contributed by atoms with Crippen molar-refractivity contribution in [1.82, 2.24) is 0 Å². The lowest BCUT2D eigenvalue weighted by Crippen LogP contribution is -2.10. The van der Waals surface area contributed by atoms with Crippen molar-refractivity contribution in [1.29, 1.82) is 0 Å². The summed E-state index contributed by atoms with van der Waals surface area (Å²) in [5.74, 6) is 0. The number of thiophene rings is 1. The predicted octanol–water partition coefficient (Wildman–Crippen LogP) is 12.7. The van der Waals surface area contributed by atoms with Crippen molar-refractivity contribution in [2.75, 3.05) is 4.90 Å². The van der Waals surface area contributed by atoms with Crippen molar-refractivity contribution in [3.63, 3.8) is 0 Å². The minimum Gasteiger partial charge on any atom is -0.310 e. The summed E-state index contributed by atoms with van der Waals surface area (Å²) < 4.78 is 2.65. The first-order valence-corrected chi connectivity index (χ1v) is 15.8. The van der Waals surface area contributed by atoms with Gasteiger partial charge < -0.3 is 4.90 Å². The van der Waals surface area contributed by atoms with Gasteiger partial charge >= 0.3 is 0 Å². The van der Waals surface area contributed by atoms with E-state index in [0.717, 1.165) is 11.4 Å². The molecule has 0 amide bonds. The molecule has 9 aromatic rings. The van der Waals surface area contributed by atoms with Gasteiger partial charge in [-0.2, -0.15) is 0 Å². The molecule has 1 heterocycles. The molecule has 2 heteroatoms. The van der Waals surface area contributed by atoms with Crippen molar-refractivity contribution in [2.45, 2.75) is 0 Å². The van der Waals surface area contributed by atoms with E-state index in [1.807, 2.05) is 11.3 Å². The lowest BCUT2D eigenvalue weighted by Gasteiger charge is -2.27. The minimum atomic E-state index is 1.13. The van der Waals surface area contributed by atoms with Gasteiger partial charge in [0.25, 0.3) is 0 Å². The van der Waals surface area contributed by atoms with E-state index < -0.39 is 0 Å². The van der Waals surface area contributed by atoms with Gasteiger partial charge in [0.1, 0.15) is 0 Å². The maximum atomic E-state index is 2.42. The number of rotatable bonds is 4. The first kappa shape index (κ1) is 25.1. The highest BCUT2D eigenvalue weighted by Crippen LogP contribution is 2.44. The molecule has 0 atom stereocenters. The molecule has 0 N–H and O–H groups in total. The SMILES string of the molecule is c1ccc2c(-c3ccc(N(c4ccc5ccc6sc7ccccc7c6c5c4)c4cccc5ccccc45)cc3)cccc2c1. The summed E-state index contributed by atoms with van der Waals surface area (Å²) in [6.45, 7) is 0. The van der Waals surface area contributed by atoms with Crippen LogP contribution in [0.15, 0.2) is 164 Å². The van der Waals surface area contributed by atoms with Crippen LogP contribution in [0.4, 0.5) is 17.1 Å². The van der Waals surface area contributed by atoms with Crippen LogP contribution in [-0.4, -0.2) is 0 Å². The van der Waals surface area contributed by atoms with Crippen LogP contribution >= 0.6 is 11.3 Å². The summed E-state index contributed by atoms with van der Waals surface area (Å²) in [6, 6.07) is 59.8. The fraction of sp³-hybridized carbons (Fsp3) is 0. The van der Waals surface area contributed by atoms with E-state index in [1.54, 1.807) is 0 Å². The Morgan fingerprint density at radius 2 is 1.00 bits per heavy atom. The summed E-state index contributed by atoms with van der Waals surface area (Å²) in [5.41, 5.74) is 5.92. The van der Waals surface area contributed by atoms with Gasteiger partial charge in [-0.1, -0.05) is 121 Å². The molecule has 8 aromatic carbocycles. The van der Waals surface area contributed by atoms with Gasteiger partial charge in [-0.15, -0.1) is 11.3 Å². The molecule has 0 aliphatic rings. The van der Waals surface area contributed by atoms with Gasteiger partial charge in [-0.25, -0.2) is 0 Å². The van der Waals surface area contributed by atoms with E-state index in [2.05, 4.69) is 169 Å². The van der Waals surface area contributed by atoms with E-state index in [9.17, 15) is 0 Å². The first-order valence-electron chi connectivity index (χ1n) is 15.0. The Balaban J connectivity index is 1.27. The zero-order chi connectivity index (χ0) is 29.0. The van der Waals surface area contributed by atoms with Crippen molar-refractivity contribution in [2.24, 2.45) is 0 Å². The molecule has 0 spiro atoms. The molecule has 206 valence electrons. The van der Waals surface area contributed by atoms with Gasteiger partial charge in [-0.3, -0.25) is 0 Å². The third-order valence-electron chi connectivity index (χ3n) is 8.84. The van der Waals surface area contributed by atoms with E-state index in [1.165, 1.54) is 69.3 Å². The molecule has 9 rings (SSSR count). The molecule has 0 saturated carbocycles. The molecular weight excluding hydrogens is 551 g/mol. The average Bonchev–Trinajstić information content (AvgIpc) is 3.48. The third-order valence-corrected chi connectivity index (χ3v) is 9.97. The van der Waals surface area contributed by atoms with Crippen LogP contribution in [-0.2, 0) is 0 Å². The number of anilines is 3. The molecule has 0 radical (unpaired) electrons. The van der Waals surface area contributed by atoms with Crippen molar-refractivity contribution in [3.05, 3.63) is 164 Å². The second-order valence-electron chi connectivity index (χ2n) is 11.3. The fourth-order valence-corrected chi connectivity index (χ4v) is 7.89. The first-order chi connectivity index (χ1) is 21.8. The zero-order valence-corrected chi connectivity index (χ0v) is 24.8. The molecule has 0 bridgehead atoms. The lowest BCUT2D eigenvalue weighted by molar-refractivity contribution is 1.30.